The summed E-state index contributed by atoms with van der Waals surface area (Å²) in [5.41, 5.74) is 1.52. The summed E-state index contributed by atoms with van der Waals surface area (Å²) >= 11 is 0. The van der Waals surface area contributed by atoms with Crippen molar-refractivity contribution in [2.45, 2.75) is 13.8 Å². The molecule has 0 amide bonds. The Kier molecular flexibility index (Phi) is 3.58. The number of aromatic nitrogens is 1. The first-order chi connectivity index (χ1) is 6.24. The van der Waals surface area contributed by atoms with Crippen molar-refractivity contribution in [2.75, 3.05) is 13.2 Å². The van der Waals surface area contributed by atoms with E-state index in [1.54, 1.807) is 12.3 Å². The summed E-state index contributed by atoms with van der Waals surface area (Å²) in [4.78, 5) is 15.3. The molecule has 0 atom stereocenters. The summed E-state index contributed by atoms with van der Waals surface area (Å²) in [5.74, 6) is -0.0643. The van der Waals surface area contributed by atoms with Gasteiger partial charge in [-0.2, -0.15) is 0 Å². The SMILES string of the molecule is CCOCC(=O)c1cc(C)ccn1. The van der Waals surface area contributed by atoms with E-state index < -0.39 is 0 Å². The molecule has 0 spiro atoms. The standard InChI is InChI=1S/C10H13NO2/c1-3-13-7-10(12)9-6-8(2)4-5-11-9/h4-6H,3,7H2,1-2H3. The van der Waals surface area contributed by atoms with Crippen molar-refractivity contribution in [3.63, 3.8) is 0 Å². The molecule has 1 rings (SSSR count). The van der Waals surface area contributed by atoms with Crippen LogP contribution in [0.3, 0.4) is 0 Å². The van der Waals surface area contributed by atoms with Gasteiger partial charge in [0.15, 0.2) is 0 Å². The van der Waals surface area contributed by atoms with Crippen molar-refractivity contribution in [3.05, 3.63) is 29.6 Å². The third kappa shape index (κ3) is 2.95. The number of Topliss-reactive ketones (excluding diaryl/α,β-unsaturated/α-hetero) is 1. The Morgan fingerprint density at radius 1 is 1.62 bits per heavy atom. The number of rotatable bonds is 4. The van der Waals surface area contributed by atoms with Gasteiger partial charge in [0, 0.05) is 12.8 Å². The van der Waals surface area contributed by atoms with Crippen LogP contribution < -0.4 is 0 Å². The second-order valence-corrected chi connectivity index (χ2v) is 2.78. The fourth-order valence-electron chi connectivity index (χ4n) is 0.957. The zero-order chi connectivity index (χ0) is 9.68. The molecule has 1 aromatic heterocycles. The molecular formula is C10H13NO2. The Hall–Kier alpha value is -1.22. The summed E-state index contributed by atoms with van der Waals surface area (Å²) in [7, 11) is 0. The zero-order valence-corrected chi connectivity index (χ0v) is 7.91. The Morgan fingerprint density at radius 2 is 2.38 bits per heavy atom. The van der Waals surface area contributed by atoms with Crippen LogP contribution in [0.25, 0.3) is 0 Å². The minimum atomic E-state index is -0.0643. The number of nitrogens with zero attached hydrogens (tertiary/aromatic N) is 1. The molecule has 1 heterocycles. The van der Waals surface area contributed by atoms with E-state index >= 15 is 0 Å². The van der Waals surface area contributed by atoms with Crippen LogP contribution in [0.15, 0.2) is 18.3 Å². The van der Waals surface area contributed by atoms with Crippen LogP contribution in [0.2, 0.25) is 0 Å². The normalized spacial score (nSPS) is 10.0. The molecule has 0 aromatic carbocycles. The maximum atomic E-state index is 11.4. The molecule has 70 valence electrons. The minimum absolute atomic E-state index is 0.0643. The molecule has 3 heteroatoms. The van der Waals surface area contributed by atoms with Crippen molar-refractivity contribution < 1.29 is 9.53 Å². The van der Waals surface area contributed by atoms with E-state index in [0.29, 0.717) is 12.3 Å². The van der Waals surface area contributed by atoms with E-state index in [9.17, 15) is 4.79 Å². The molecule has 0 aliphatic rings. The molecule has 0 aliphatic heterocycles. The van der Waals surface area contributed by atoms with E-state index in [1.807, 2.05) is 19.9 Å². The number of hydrogen-bond acceptors (Lipinski definition) is 3. The van der Waals surface area contributed by atoms with Crippen molar-refractivity contribution >= 4 is 5.78 Å². The van der Waals surface area contributed by atoms with E-state index in [2.05, 4.69) is 4.98 Å². The van der Waals surface area contributed by atoms with Gasteiger partial charge in [0.1, 0.15) is 12.3 Å². The van der Waals surface area contributed by atoms with Gasteiger partial charge in [-0.05, 0) is 31.5 Å². The summed E-state index contributed by atoms with van der Waals surface area (Å²) in [6.07, 6.45) is 1.63. The fourth-order valence-corrected chi connectivity index (χ4v) is 0.957. The molecule has 0 radical (unpaired) electrons. The minimum Gasteiger partial charge on any atom is -0.374 e. The lowest BCUT2D eigenvalue weighted by Crippen LogP contribution is -2.10. The van der Waals surface area contributed by atoms with Crippen LogP contribution in [0.5, 0.6) is 0 Å². The van der Waals surface area contributed by atoms with Crippen molar-refractivity contribution in [2.24, 2.45) is 0 Å². The quantitative estimate of drug-likeness (QED) is 0.659. The molecule has 3 nitrogen and oxygen atoms in total. The lowest BCUT2D eigenvalue weighted by molar-refractivity contribution is 0.0778. The first-order valence-corrected chi connectivity index (χ1v) is 4.27. The van der Waals surface area contributed by atoms with Gasteiger partial charge in [-0.1, -0.05) is 0 Å². The molecular weight excluding hydrogens is 166 g/mol. The van der Waals surface area contributed by atoms with Crippen LogP contribution in [-0.2, 0) is 4.74 Å². The van der Waals surface area contributed by atoms with Gasteiger partial charge >= 0.3 is 0 Å². The highest BCUT2D eigenvalue weighted by molar-refractivity contribution is 5.95. The molecule has 0 N–H and O–H groups in total. The predicted octanol–water partition coefficient (Wildman–Crippen LogP) is 1.61. The van der Waals surface area contributed by atoms with Crippen LogP contribution in [-0.4, -0.2) is 24.0 Å². The number of ketones is 1. The lowest BCUT2D eigenvalue weighted by Gasteiger charge is -2.00. The fraction of sp³-hybridized carbons (Fsp3) is 0.400. The highest BCUT2D eigenvalue weighted by atomic mass is 16.5. The molecule has 0 fully saturated rings. The lowest BCUT2D eigenvalue weighted by atomic mass is 10.2. The topological polar surface area (TPSA) is 39.2 Å². The Bertz CT molecular complexity index is 297. The molecule has 0 saturated heterocycles. The van der Waals surface area contributed by atoms with Gasteiger partial charge in [-0.15, -0.1) is 0 Å². The second-order valence-electron chi connectivity index (χ2n) is 2.78. The second kappa shape index (κ2) is 4.72. The van der Waals surface area contributed by atoms with Gasteiger partial charge in [0.25, 0.3) is 0 Å². The van der Waals surface area contributed by atoms with Gasteiger partial charge in [-0.3, -0.25) is 9.78 Å². The zero-order valence-electron chi connectivity index (χ0n) is 7.91. The van der Waals surface area contributed by atoms with E-state index in [-0.39, 0.29) is 12.4 Å². The highest BCUT2D eigenvalue weighted by Gasteiger charge is 2.06. The number of carbonyl (C=O) groups is 1. The van der Waals surface area contributed by atoms with Crippen LogP contribution in [0, 0.1) is 6.92 Å². The average Bonchev–Trinajstić information content (AvgIpc) is 2.14. The summed E-state index contributed by atoms with van der Waals surface area (Å²) in [6, 6.07) is 3.62. The third-order valence-corrected chi connectivity index (χ3v) is 1.64. The number of aryl methyl sites for hydroxylation is 1. The highest BCUT2D eigenvalue weighted by Crippen LogP contribution is 2.00. The first-order valence-electron chi connectivity index (χ1n) is 4.27. The Balaban J connectivity index is 2.66. The van der Waals surface area contributed by atoms with E-state index in [1.165, 1.54) is 0 Å². The van der Waals surface area contributed by atoms with E-state index in [4.69, 9.17) is 4.74 Å². The summed E-state index contributed by atoms with van der Waals surface area (Å²) in [5, 5.41) is 0. The summed E-state index contributed by atoms with van der Waals surface area (Å²) < 4.78 is 5.00. The molecule has 13 heavy (non-hydrogen) atoms. The molecule has 0 unspecified atom stereocenters. The van der Waals surface area contributed by atoms with Crippen molar-refractivity contribution in [3.8, 4) is 0 Å². The van der Waals surface area contributed by atoms with Gasteiger partial charge in [-0.25, -0.2) is 0 Å². The molecule has 0 bridgehead atoms. The maximum absolute atomic E-state index is 11.4. The van der Waals surface area contributed by atoms with Gasteiger partial charge < -0.3 is 4.74 Å². The summed E-state index contributed by atoms with van der Waals surface area (Å²) in [6.45, 7) is 4.46. The molecule has 1 aromatic rings. The smallest absolute Gasteiger partial charge is 0.206 e. The Morgan fingerprint density at radius 3 is 3.00 bits per heavy atom. The van der Waals surface area contributed by atoms with Crippen molar-refractivity contribution in [1.82, 2.24) is 4.98 Å². The van der Waals surface area contributed by atoms with Gasteiger partial charge in [0.05, 0.1) is 0 Å². The van der Waals surface area contributed by atoms with E-state index in [0.717, 1.165) is 5.56 Å². The van der Waals surface area contributed by atoms with Crippen LogP contribution >= 0.6 is 0 Å². The maximum Gasteiger partial charge on any atom is 0.206 e. The van der Waals surface area contributed by atoms with Crippen LogP contribution in [0.4, 0.5) is 0 Å². The average molecular weight is 179 g/mol. The largest absolute Gasteiger partial charge is 0.374 e. The van der Waals surface area contributed by atoms with Gasteiger partial charge in [0.2, 0.25) is 5.78 Å². The number of pyridine rings is 1. The molecule has 0 saturated carbocycles. The molecule has 0 aliphatic carbocycles. The Labute approximate surface area is 77.8 Å². The number of carbonyl (C=O) groups excluding carboxylic acids is 1. The third-order valence-electron chi connectivity index (χ3n) is 1.64. The first kappa shape index (κ1) is 9.86. The van der Waals surface area contributed by atoms with Crippen molar-refractivity contribution in [1.29, 1.82) is 0 Å². The number of ether oxygens (including phenoxy) is 1. The van der Waals surface area contributed by atoms with Crippen LogP contribution in [0.1, 0.15) is 23.0 Å². The predicted molar refractivity (Wildman–Crippen MR) is 49.8 cm³/mol. The monoisotopic (exact) mass is 179 g/mol. The number of hydrogen-bond donors (Lipinski definition) is 0.